The second-order valence-corrected chi connectivity index (χ2v) is 8.28. The second-order valence-electron chi connectivity index (χ2n) is 6.20. The van der Waals surface area contributed by atoms with Gasteiger partial charge in [0.25, 0.3) is 0 Å². The van der Waals surface area contributed by atoms with Gasteiger partial charge in [0.1, 0.15) is 6.61 Å². The lowest BCUT2D eigenvalue weighted by Gasteiger charge is -2.33. The van der Waals surface area contributed by atoms with Crippen molar-refractivity contribution in [1.82, 2.24) is 4.90 Å². The van der Waals surface area contributed by atoms with Crippen LogP contribution in [0.4, 0.5) is 0 Å². The van der Waals surface area contributed by atoms with Gasteiger partial charge in [0.2, 0.25) is 5.91 Å². The van der Waals surface area contributed by atoms with E-state index in [1.165, 1.54) is 11.8 Å². The van der Waals surface area contributed by atoms with Crippen LogP contribution in [0.5, 0.6) is 0 Å². The van der Waals surface area contributed by atoms with Crippen LogP contribution in [-0.2, 0) is 19.1 Å². The predicted octanol–water partition coefficient (Wildman–Crippen LogP) is 3.68. The van der Waals surface area contributed by atoms with Crippen LogP contribution in [0.15, 0.2) is 45.0 Å². The van der Waals surface area contributed by atoms with Crippen molar-refractivity contribution in [3.63, 3.8) is 0 Å². The molecule has 2 heterocycles. The molecule has 0 N–H and O–H groups in total. The molecule has 0 spiro atoms. The van der Waals surface area contributed by atoms with Crippen LogP contribution >= 0.6 is 27.7 Å². The van der Waals surface area contributed by atoms with Gasteiger partial charge < -0.3 is 9.47 Å². The highest BCUT2D eigenvalue weighted by atomic mass is 79.9. The van der Waals surface area contributed by atoms with Crippen molar-refractivity contribution in [1.29, 1.82) is 0 Å². The largest absolute Gasteiger partial charge is 0.460 e. The number of carbonyl (C=O) groups is 2. The van der Waals surface area contributed by atoms with Gasteiger partial charge in [0.05, 0.1) is 29.2 Å². The van der Waals surface area contributed by atoms with Crippen LogP contribution in [0.1, 0.15) is 31.9 Å². The Balaban J connectivity index is 2.03. The average molecular weight is 453 g/mol. The number of halogens is 1. The summed E-state index contributed by atoms with van der Waals surface area (Å²) in [5.41, 5.74) is 1.81. The first-order valence-corrected chi connectivity index (χ1v) is 10.4. The Hall–Kier alpha value is -1.64. The Morgan fingerprint density at radius 1 is 1.30 bits per heavy atom. The van der Waals surface area contributed by atoms with E-state index in [4.69, 9.17) is 9.47 Å². The molecule has 2 aliphatic heterocycles. The smallest absolute Gasteiger partial charge is 0.338 e. The van der Waals surface area contributed by atoms with Gasteiger partial charge in [-0.3, -0.25) is 9.69 Å². The fraction of sp³-hybridized carbons (Fsp3) is 0.421. The number of esters is 1. The Morgan fingerprint density at radius 2 is 2.00 bits per heavy atom. The molecule has 2 atom stereocenters. The number of aliphatic imine (C=N–C) groups is 1. The Morgan fingerprint density at radius 3 is 2.63 bits per heavy atom. The molecule has 3 rings (SSSR count). The topological polar surface area (TPSA) is 68.2 Å². The molecule has 0 bridgehead atoms. The van der Waals surface area contributed by atoms with Gasteiger partial charge in [0, 0.05) is 11.6 Å². The van der Waals surface area contributed by atoms with Crippen LogP contribution in [-0.4, -0.2) is 47.5 Å². The number of hydrogen-bond donors (Lipinski definition) is 0. The second kappa shape index (κ2) is 8.58. The lowest BCUT2D eigenvalue weighted by Crippen LogP contribution is -2.40. The summed E-state index contributed by atoms with van der Waals surface area (Å²) in [6.45, 7) is 4.22. The van der Waals surface area contributed by atoms with Crippen LogP contribution in [0.2, 0.25) is 0 Å². The molecule has 1 saturated heterocycles. The van der Waals surface area contributed by atoms with Gasteiger partial charge in [-0.25, -0.2) is 9.79 Å². The molecule has 0 saturated carbocycles. The summed E-state index contributed by atoms with van der Waals surface area (Å²) in [5, 5.41) is 0.462. The quantitative estimate of drug-likeness (QED) is 0.486. The van der Waals surface area contributed by atoms with E-state index in [2.05, 4.69) is 20.9 Å². The molecular formula is C19H21BrN2O4S. The summed E-state index contributed by atoms with van der Waals surface area (Å²) in [6, 6.07) is 7.07. The first kappa shape index (κ1) is 20.1. The van der Waals surface area contributed by atoms with E-state index >= 15 is 0 Å². The zero-order valence-corrected chi connectivity index (χ0v) is 17.8. The van der Waals surface area contributed by atoms with E-state index in [9.17, 15) is 9.59 Å². The number of amidine groups is 1. The number of carbonyl (C=O) groups excluding carboxylic acids is 2. The van der Waals surface area contributed by atoms with E-state index < -0.39 is 12.0 Å². The van der Waals surface area contributed by atoms with E-state index in [0.717, 1.165) is 10.0 Å². The minimum absolute atomic E-state index is 0.0242. The highest BCUT2D eigenvalue weighted by Crippen LogP contribution is 2.44. The Bertz CT molecular complexity index is 806. The zero-order chi connectivity index (χ0) is 19.6. The van der Waals surface area contributed by atoms with Gasteiger partial charge in [-0.1, -0.05) is 46.7 Å². The monoisotopic (exact) mass is 452 g/mol. The molecular weight excluding hydrogens is 432 g/mol. The Kier molecular flexibility index (Phi) is 6.39. The number of rotatable bonds is 6. The molecule has 1 fully saturated rings. The fourth-order valence-corrected chi connectivity index (χ4v) is 4.50. The van der Waals surface area contributed by atoms with Gasteiger partial charge in [-0.05, 0) is 31.0 Å². The lowest BCUT2D eigenvalue weighted by atomic mass is 9.94. The van der Waals surface area contributed by atoms with Crippen molar-refractivity contribution in [3.05, 3.63) is 45.6 Å². The van der Waals surface area contributed by atoms with Crippen LogP contribution in [0.3, 0.4) is 0 Å². The molecule has 0 unspecified atom stereocenters. The third-order valence-corrected chi connectivity index (χ3v) is 6.30. The maximum Gasteiger partial charge on any atom is 0.338 e. The average Bonchev–Trinajstić information content (AvgIpc) is 2.96. The summed E-state index contributed by atoms with van der Waals surface area (Å²) >= 11 is 4.88. The number of thioether (sulfide) groups is 1. The summed E-state index contributed by atoms with van der Waals surface area (Å²) in [4.78, 5) is 32.0. The van der Waals surface area contributed by atoms with Gasteiger partial charge in [-0.15, -0.1) is 0 Å². The molecule has 1 amide bonds. The number of nitrogens with zero attached hydrogens (tertiary/aromatic N) is 2. The maximum absolute atomic E-state index is 13.0. The van der Waals surface area contributed by atoms with E-state index in [0.29, 0.717) is 29.5 Å². The van der Waals surface area contributed by atoms with E-state index in [-0.39, 0.29) is 17.8 Å². The number of allylic oxidation sites excluding steroid dienone is 1. The minimum atomic E-state index is -0.544. The summed E-state index contributed by atoms with van der Waals surface area (Å²) in [6.07, 6.45) is 0.707. The minimum Gasteiger partial charge on any atom is -0.460 e. The van der Waals surface area contributed by atoms with Crippen LogP contribution in [0.25, 0.3) is 0 Å². The third kappa shape index (κ3) is 3.97. The third-order valence-electron chi connectivity index (χ3n) is 4.45. The summed E-state index contributed by atoms with van der Waals surface area (Å²) in [7, 11) is 1.55. The molecule has 1 aromatic carbocycles. The molecule has 1 aromatic rings. The normalized spacial score (nSPS) is 22.0. The van der Waals surface area contributed by atoms with Gasteiger partial charge >= 0.3 is 5.97 Å². The molecule has 0 aromatic heterocycles. The molecule has 144 valence electrons. The molecule has 27 heavy (non-hydrogen) atoms. The number of benzene rings is 1. The Labute approximate surface area is 171 Å². The first-order valence-electron chi connectivity index (χ1n) is 8.68. The van der Waals surface area contributed by atoms with Crippen molar-refractivity contribution in [2.75, 3.05) is 20.3 Å². The van der Waals surface area contributed by atoms with E-state index in [1.807, 2.05) is 31.2 Å². The van der Waals surface area contributed by atoms with Crippen molar-refractivity contribution in [2.45, 2.75) is 31.6 Å². The highest BCUT2D eigenvalue weighted by Gasteiger charge is 2.47. The van der Waals surface area contributed by atoms with Crippen molar-refractivity contribution in [3.8, 4) is 0 Å². The number of ether oxygens (including phenoxy) is 2. The standard InChI is InChI=1S/C19H21BrN2O4S/c1-4-14-17(23)22-16(12-5-7-13(20)8-6-12)15(11(2)21-19(22)27-14)18(24)26-10-9-25-3/h5-8,14,16H,4,9-10H2,1-3H3/t14-,16+/m0/s1. The fourth-order valence-electron chi connectivity index (χ4n) is 3.11. The molecule has 0 radical (unpaired) electrons. The molecule has 6 nitrogen and oxygen atoms in total. The number of hydrogen-bond acceptors (Lipinski definition) is 6. The lowest BCUT2D eigenvalue weighted by molar-refractivity contribution is -0.141. The summed E-state index contributed by atoms with van der Waals surface area (Å²) < 4.78 is 11.2. The number of fused-ring (bicyclic) bond motifs is 1. The van der Waals surface area contributed by atoms with Crippen molar-refractivity contribution in [2.24, 2.45) is 4.99 Å². The maximum atomic E-state index is 13.0. The van der Waals surface area contributed by atoms with Crippen molar-refractivity contribution < 1.29 is 19.1 Å². The highest BCUT2D eigenvalue weighted by molar-refractivity contribution is 9.10. The molecule has 0 aliphatic carbocycles. The predicted molar refractivity (Wildman–Crippen MR) is 108 cm³/mol. The SMILES string of the molecule is CC[C@@H]1SC2=NC(C)=C(C(=O)OCCOC)[C@@H](c3ccc(Br)cc3)N2C1=O. The first-order chi connectivity index (χ1) is 13.0. The van der Waals surface area contributed by atoms with Crippen LogP contribution in [0, 0.1) is 0 Å². The van der Waals surface area contributed by atoms with Gasteiger partial charge in [-0.2, -0.15) is 0 Å². The van der Waals surface area contributed by atoms with Crippen molar-refractivity contribution >= 4 is 44.7 Å². The zero-order valence-electron chi connectivity index (χ0n) is 15.4. The number of methoxy groups -OCH3 is 1. The number of amides is 1. The molecule has 8 heteroatoms. The van der Waals surface area contributed by atoms with Gasteiger partial charge in [0.15, 0.2) is 5.17 Å². The van der Waals surface area contributed by atoms with E-state index in [1.54, 1.807) is 18.9 Å². The molecule has 2 aliphatic rings. The van der Waals surface area contributed by atoms with Crippen LogP contribution < -0.4 is 0 Å². The summed E-state index contributed by atoms with van der Waals surface area (Å²) in [5.74, 6) is -0.498.